The van der Waals surface area contributed by atoms with Gasteiger partial charge in [-0.05, 0) is 44.9 Å². The Bertz CT molecular complexity index is 836. The van der Waals surface area contributed by atoms with Crippen LogP contribution in [0.25, 0.3) is 0 Å². The monoisotopic (exact) mass is 364 g/mol. The van der Waals surface area contributed by atoms with Crippen molar-refractivity contribution in [1.29, 1.82) is 0 Å². The van der Waals surface area contributed by atoms with Gasteiger partial charge in [-0.25, -0.2) is 13.1 Å². The zero-order valence-corrected chi connectivity index (χ0v) is 15.7. The lowest BCUT2D eigenvalue weighted by Crippen LogP contribution is -2.31. The Balaban J connectivity index is 1.94. The lowest BCUT2D eigenvalue weighted by Gasteiger charge is -2.10. The average Bonchev–Trinajstić information content (AvgIpc) is 2.83. The van der Waals surface area contributed by atoms with Crippen LogP contribution in [-0.4, -0.2) is 20.4 Å². The Morgan fingerprint density at radius 3 is 2.24 bits per heavy atom. The van der Waals surface area contributed by atoms with Crippen LogP contribution in [0.2, 0.25) is 0 Å². The van der Waals surface area contributed by atoms with Crippen LogP contribution in [0.3, 0.4) is 0 Å². The molecule has 1 amide bonds. The van der Waals surface area contributed by atoms with Gasteiger partial charge in [0, 0.05) is 12.6 Å². The summed E-state index contributed by atoms with van der Waals surface area (Å²) in [4.78, 5) is 12.2. The van der Waals surface area contributed by atoms with Gasteiger partial charge in [0.05, 0.1) is 11.3 Å². The lowest BCUT2D eigenvalue weighted by atomic mass is 10.1. The molecule has 0 aliphatic carbocycles. The number of carbonyl (C=O) groups is 1. The number of furan rings is 1. The molecule has 0 saturated carbocycles. The molecular formula is C18H24N2O4S. The second kappa shape index (κ2) is 7.84. The van der Waals surface area contributed by atoms with Crippen LogP contribution < -0.4 is 10.0 Å². The van der Waals surface area contributed by atoms with E-state index < -0.39 is 10.0 Å². The van der Waals surface area contributed by atoms with E-state index in [1.807, 2.05) is 12.1 Å². The molecule has 2 aromatic rings. The number of sulfonamides is 1. The molecule has 2 N–H and O–H groups in total. The minimum atomic E-state index is -3.34. The Labute approximate surface area is 148 Å². The molecule has 1 heterocycles. The maximum absolute atomic E-state index is 12.2. The molecule has 2 rings (SSSR count). The summed E-state index contributed by atoms with van der Waals surface area (Å²) in [5.74, 6) is 1.03. The zero-order valence-electron chi connectivity index (χ0n) is 14.9. The summed E-state index contributed by atoms with van der Waals surface area (Å²) in [6.45, 7) is 7.48. The maximum Gasteiger partial charge on any atom is 0.255 e. The zero-order chi connectivity index (χ0) is 18.6. The van der Waals surface area contributed by atoms with Crippen LogP contribution in [0.4, 0.5) is 0 Å². The van der Waals surface area contributed by atoms with Gasteiger partial charge < -0.3 is 9.73 Å². The summed E-state index contributed by atoms with van der Waals surface area (Å²) in [5.41, 5.74) is 2.12. The van der Waals surface area contributed by atoms with Gasteiger partial charge in [0.2, 0.25) is 10.0 Å². The topological polar surface area (TPSA) is 88.4 Å². The number of hydrogen-bond donors (Lipinski definition) is 2. The fraction of sp³-hybridized carbons (Fsp3) is 0.389. The van der Waals surface area contributed by atoms with Crippen molar-refractivity contribution < 1.29 is 17.6 Å². The van der Waals surface area contributed by atoms with E-state index in [0.717, 1.165) is 5.56 Å². The molecule has 0 unspecified atom stereocenters. The smallest absolute Gasteiger partial charge is 0.255 e. The van der Waals surface area contributed by atoms with Crippen LogP contribution in [0.5, 0.6) is 0 Å². The first kappa shape index (κ1) is 19.2. The highest BCUT2D eigenvalue weighted by molar-refractivity contribution is 7.88. The fourth-order valence-corrected chi connectivity index (χ4v) is 3.94. The molecule has 0 fully saturated rings. The highest BCUT2D eigenvalue weighted by Crippen LogP contribution is 2.14. The third-order valence-corrected chi connectivity index (χ3v) is 5.08. The maximum atomic E-state index is 12.2. The summed E-state index contributed by atoms with van der Waals surface area (Å²) < 4.78 is 31.8. The molecule has 1 aromatic carbocycles. The second-order valence-electron chi connectivity index (χ2n) is 6.36. The normalized spacial score (nSPS) is 11.7. The predicted octanol–water partition coefficient (Wildman–Crippen LogP) is 2.65. The molecule has 25 heavy (non-hydrogen) atoms. The molecule has 0 aliphatic rings. The van der Waals surface area contributed by atoms with Crippen molar-refractivity contribution in [3.8, 4) is 0 Å². The first-order valence-electron chi connectivity index (χ1n) is 8.09. The number of nitrogens with one attached hydrogen (secondary N) is 2. The molecule has 0 saturated heterocycles. The molecule has 0 radical (unpaired) electrons. The van der Waals surface area contributed by atoms with Crippen molar-refractivity contribution in [2.75, 3.05) is 0 Å². The van der Waals surface area contributed by atoms with E-state index in [9.17, 15) is 13.2 Å². The van der Waals surface area contributed by atoms with E-state index in [0.29, 0.717) is 29.2 Å². The minimum Gasteiger partial charge on any atom is -0.466 e. The number of rotatable bonds is 7. The van der Waals surface area contributed by atoms with Gasteiger partial charge >= 0.3 is 0 Å². The summed E-state index contributed by atoms with van der Waals surface area (Å²) in [6, 6.07) is 8.72. The highest BCUT2D eigenvalue weighted by atomic mass is 32.2. The number of benzene rings is 1. The van der Waals surface area contributed by atoms with Crippen LogP contribution in [-0.2, 0) is 22.3 Å². The van der Waals surface area contributed by atoms with E-state index >= 15 is 0 Å². The molecular weight excluding hydrogens is 340 g/mol. The number of hydrogen-bond acceptors (Lipinski definition) is 4. The standard InChI is InChI=1S/C18H24N2O4S/c1-12(2)20-25(22,23)11-16-7-5-15(6-8-16)10-19-18(21)17-9-13(3)24-14(17)4/h5-9,12,20H,10-11H2,1-4H3,(H,19,21). The van der Waals surface area contributed by atoms with Gasteiger partial charge in [-0.15, -0.1) is 0 Å². The first-order valence-corrected chi connectivity index (χ1v) is 9.74. The van der Waals surface area contributed by atoms with Crippen molar-refractivity contribution in [3.05, 3.63) is 58.5 Å². The molecule has 7 heteroatoms. The summed E-state index contributed by atoms with van der Waals surface area (Å²) in [7, 11) is -3.34. The van der Waals surface area contributed by atoms with E-state index in [4.69, 9.17) is 4.42 Å². The first-order chi connectivity index (χ1) is 11.7. The quantitative estimate of drug-likeness (QED) is 0.790. The van der Waals surface area contributed by atoms with Gasteiger partial charge in [0.25, 0.3) is 5.91 Å². The van der Waals surface area contributed by atoms with Gasteiger partial charge in [0.1, 0.15) is 11.5 Å². The van der Waals surface area contributed by atoms with Crippen molar-refractivity contribution in [2.45, 2.75) is 46.0 Å². The Kier molecular flexibility index (Phi) is 6.02. The lowest BCUT2D eigenvalue weighted by molar-refractivity contribution is 0.0949. The molecule has 1 aromatic heterocycles. The van der Waals surface area contributed by atoms with Gasteiger partial charge in [-0.3, -0.25) is 4.79 Å². The van der Waals surface area contributed by atoms with Crippen LogP contribution in [0, 0.1) is 13.8 Å². The third-order valence-electron chi connectivity index (χ3n) is 3.53. The second-order valence-corrected chi connectivity index (χ2v) is 8.11. The largest absolute Gasteiger partial charge is 0.466 e. The molecule has 6 nitrogen and oxygen atoms in total. The van der Waals surface area contributed by atoms with Crippen molar-refractivity contribution >= 4 is 15.9 Å². The summed E-state index contributed by atoms with van der Waals surface area (Å²) >= 11 is 0. The van der Waals surface area contributed by atoms with Crippen LogP contribution in [0.15, 0.2) is 34.7 Å². The van der Waals surface area contributed by atoms with E-state index in [-0.39, 0.29) is 17.7 Å². The third kappa shape index (κ3) is 5.72. The van der Waals surface area contributed by atoms with Crippen LogP contribution in [0.1, 0.15) is 46.9 Å². The Hall–Kier alpha value is -2.12. The number of aryl methyl sites for hydroxylation is 2. The van der Waals surface area contributed by atoms with Crippen molar-refractivity contribution in [2.24, 2.45) is 0 Å². The SMILES string of the molecule is Cc1cc(C(=O)NCc2ccc(CS(=O)(=O)NC(C)C)cc2)c(C)o1. The molecule has 0 atom stereocenters. The van der Waals surface area contributed by atoms with E-state index in [1.54, 1.807) is 45.9 Å². The van der Waals surface area contributed by atoms with E-state index in [2.05, 4.69) is 10.0 Å². The van der Waals surface area contributed by atoms with Crippen molar-refractivity contribution in [3.63, 3.8) is 0 Å². The van der Waals surface area contributed by atoms with Gasteiger partial charge in [-0.2, -0.15) is 0 Å². The predicted molar refractivity (Wildman–Crippen MR) is 96.7 cm³/mol. The van der Waals surface area contributed by atoms with Gasteiger partial charge in [0.15, 0.2) is 0 Å². The number of amides is 1. The molecule has 0 spiro atoms. The summed E-state index contributed by atoms with van der Waals surface area (Å²) in [6.07, 6.45) is 0. The molecule has 136 valence electrons. The van der Waals surface area contributed by atoms with Gasteiger partial charge in [-0.1, -0.05) is 24.3 Å². The Morgan fingerprint density at radius 1 is 1.12 bits per heavy atom. The molecule has 0 bridgehead atoms. The average molecular weight is 364 g/mol. The highest BCUT2D eigenvalue weighted by Gasteiger charge is 2.14. The number of carbonyl (C=O) groups excluding carboxylic acids is 1. The minimum absolute atomic E-state index is 0.0642. The van der Waals surface area contributed by atoms with E-state index in [1.165, 1.54) is 0 Å². The fourth-order valence-electron chi connectivity index (χ4n) is 2.51. The summed E-state index contributed by atoms with van der Waals surface area (Å²) in [5, 5.41) is 2.83. The molecule has 0 aliphatic heterocycles. The Morgan fingerprint density at radius 2 is 1.72 bits per heavy atom. The van der Waals surface area contributed by atoms with Crippen LogP contribution >= 0.6 is 0 Å². The van der Waals surface area contributed by atoms with Crippen molar-refractivity contribution in [1.82, 2.24) is 10.0 Å².